The minimum atomic E-state index is -3.58. The lowest BCUT2D eigenvalue weighted by Gasteiger charge is -2.09. The number of benzene rings is 1. The molecule has 0 saturated carbocycles. The van der Waals surface area contributed by atoms with Crippen molar-refractivity contribution in [3.05, 3.63) is 29.3 Å². The van der Waals surface area contributed by atoms with Crippen molar-refractivity contribution in [1.29, 1.82) is 0 Å². The summed E-state index contributed by atoms with van der Waals surface area (Å²) in [5, 5.41) is 4.10. The summed E-state index contributed by atoms with van der Waals surface area (Å²) < 4.78 is 24.6. The second kappa shape index (κ2) is 7.43. The van der Waals surface area contributed by atoms with E-state index in [4.69, 9.17) is 0 Å². The minimum Gasteiger partial charge on any atom is -0.200 e. The zero-order valence-electron chi connectivity index (χ0n) is 12.7. The van der Waals surface area contributed by atoms with Crippen LogP contribution in [0.3, 0.4) is 0 Å². The van der Waals surface area contributed by atoms with E-state index in [0.717, 1.165) is 42.5 Å². The lowest BCUT2D eigenvalue weighted by Crippen LogP contribution is -2.21. The molecule has 1 aromatic carbocycles. The van der Waals surface area contributed by atoms with Gasteiger partial charge in [-0.25, -0.2) is 4.83 Å². The highest BCUT2D eigenvalue weighted by molar-refractivity contribution is 7.89. The van der Waals surface area contributed by atoms with Gasteiger partial charge in [0.15, 0.2) is 0 Å². The molecule has 0 radical (unpaired) electrons. The fourth-order valence-electron chi connectivity index (χ4n) is 1.98. The van der Waals surface area contributed by atoms with Crippen molar-refractivity contribution in [3.8, 4) is 0 Å². The van der Waals surface area contributed by atoms with Crippen LogP contribution < -0.4 is 4.83 Å². The van der Waals surface area contributed by atoms with E-state index in [1.165, 1.54) is 0 Å². The summed E-state index contributed by atoms with van der Waals surface area (Å²) in [7, 11) is -3.58. The molecule has 0 heterocycles. The summed E-state index contributed by atoms with van der Waals surface area (Å²) in [5.41, 5.74) is 2.55. The molecule has 0 aliphatic rings. The first kappa shape index (κ1) is 16.7. The molecule has 1 aromatic rings. The molecule has 1 N–H and O–H groups in total. The zero-order valence-corrected chi connectivity index (χ0v) is 13.5. The van der Waals surface area contributed by atoms with Gasteiger partial charge < -0.3 is 0 Å². The SMILES string of the molecule is CCCC(CCC)=NNS(=O)(=O)c1cc(C)ccc1C. The summed E-state index contributed by atoms with van der Waals surface area (Å²) in [5.74, 6) is 0. The summed E-state index contributed by atoms with van der Waals surface area (Å²) in [6, 6.07) is 5.39. The molecule has 112 valence electrons. The summed E-state index contributed by atoms with van der Waals surface area (Å²) in [6.45, 7) is 7.78. The van der Waals surface area contributed by atoms with Crippen LogP contribution in [-0.4, -0.2) is 14.1 Å². The maximum absolute atomic E-state index is 12.3. The second-order valence-electron chi connectivity index (χ2n) is 5.04. The highest BCUT2D eigenvalue weighted by Gasteiger charge is 2.16. The summed E-state index contributed by atoms with van der Waals surface area (Å²) in [6.07, 6.45) is 3.57. The molecule has 0 spiro atoms. The van der Waals surface area contributed by atoms with Crippen molar-refractivity contribution in [1.82, 2.24) is 4.83 Å². The number of hydrazone groups is 1. The Morgan fingerprint density at radius 3 is 2.30 bits per heavy atom. The molecular formula is C15H24N2O2S. The largest absolute Gasteiger partial charge is 0.276 e. The molecule has 20 heavy (non-hydrogen) atoms. The molecule has 0 unspecified atom stereocenters. The zero-order chi connectivity index (χ0) is 15.2. The quantitative estimate of drug-likeness (QED) is 0.618. The summed E-state index contributed by atoms with van der Waals surface area (Å²) in [4.78, 5) is 2.67. The third kappa shape index (κ3) is 4.63. The minimum absolute atomic E-state index is 0.300. The molecule has 4 nitrogen and oxygen atoms in total. The van der Waals surface area contributed by atoms with Gasteiger partial charge in [0.2, 0.25) is 0 Å². The number of rotatable bonds is 7. The van der Waals surface area contributed by atoms with Gasteiger partial charge in [0.05, 0.1) is 4.90 Å². The van der Waals surface area contributed by atoms with Crippen molar-refractivity contribution in [2.45, 2.75) is 58.3 Å². The Hall–Kier alpha value is -1.36. The Bertz CT molecular complexity index is 570. The number of nitrogens with one attached hydrogen (secondary N) is 1. The highest BCUT2D eigenvalue weighted by atomic mass is 32.2. The molecule has 0 atom stereocenters. The van der Waals surface area contributed by atoms with E-state index in [-0.39, 0.29) is 0 Å². The van der Waals surface area contributed by atoms with E-state index in [2.05, 4.69) is 23.8 Å². The third-order valence-corrected chi connectivity index (χ3v) is 4.38. The number of sulfonamides is 1. The van der Waals surface area contributed by atoms with Crippen LogP contribution in [0.4, 0.5) is 0 Å². The van der Waals surface area contributed by atoms with Gasteiger partial charge in [-0.2, -0.15) is 13.5 Å². The van der Waals surface area contributed by atoms with Gasteiger partial charge in [-0.3, -0.25) is 0 Å². The summed E-state index contributed by atoms with van der Waals surface area (Å²) >= 11 is 0. The molecule has 0 aliphatic heterocycles. The first-order valence-corrected chi connectivity index (χ1v) is 8.53. The second-order valence-corrected chi connectivity index (χ2v) is 6.67. The Morgan fingerprint density at radius 2 is 1.75 bits per heavy atom. The van der Waals surface area contributed by atoms with Crippen molar-refractivity contribution in [3.63, 3.8) is 0 Å². The van der Waals surface area contributed by atoms with Crippen LogP contribution in [0.1, 0.15) is 50.7 Å². The van der Waals surface area contributed by atoms with Crippen LogP contribution in [0.25, 0.3) is 0 Å². The average Bonchev–Trinajstić information content (AvgIpc) is 2.39. The fourth-order valence-corrected chi connectivity index (χ4v) is 3.17. The lowest BCUT2D eigenvalue weighted by molar-refractivity contribution is 0.583. The highest BCUT2D eigenvalue weighted by Crippen LogP contribution is 2.16. The number of aryl methyl sites for hydroxylation is 2. The Labute approximate surface area is 122 Å². The van der Waals surface area contributed by atoms with Gasteiger partial charge in [-0.1, -0.05) is 38.8 Å². The van der Waals surface area contributed by atoms with Gasteiger partial charge in [0, 0.05) is 5.71 Å². The third-order valence-electron chi connectivity index (χ3n) is 3.03. The van der Waals surface area contributed by atoms with Gasteiger partial charge >= 0.3 is 0 Å². The smallest absolute Gasteiger partial charge is 0.200 e. The number of hydrogen-bond acceptors (Lipinski definition) is 3. The predicted octanol–water partition coefficient (Wildman–Crippen LogP) is 3.54. The molecule has 5 heteroatoms. The van der Waals surface area contributed by atoms with Crippen LogP contribution in [0.2, 0.25) is 0 Å². The van der Waals surface area contributed by atoms with Gasteiger partial charge in [0.1, 0.15) is 0 Å². The first-order chi connectivity index (χ1) is 9.40. The van der Waals surface area contributed by atoms with Crippen LogP contribution in [0.15, 0.2) is 28.2 Å². The maximum atomic E-state index is 12.3. The van der Waals surface area contributed by atoms with Crippen molar-refractivity contribution in [2.24, 2.45) is 5.10 Å². The average molecular weight is 296 g/mol. The number of hydrogen-bond donors (Lipinski definition) is 1. The standard InChI is InChI=1S/C15H24N2O2S/c1-5-7-14(8-6-2)16-17-20(18,19)15-11-12(3)9-10-13(15)4/h9-11,17H,5-8H2,1-4H3. The number of nitrogens with zero attached hydrogens (tertiary/aromatic N) is 1. The predicted molar refractivity (Wildman–Crippen MR) is 83.5 cm³/mol. The first-order valence-electron chi connectivity index (χ1n) is 7.05. The van der Waals surface area contributed by atoms with Gasteiger partial charge in [0.25, 0.3) is 10.0 Å². The molecule has 1 rings (SSSR count). The molecule has 0 fully saturated rings. The Morgan fingerprint density at radius 1 is 1.15 bits per heavy atom. The Kier molecular flexibility index (Phi) is 6.20. The normalized spacial score (nSPS) is 11.2. The Balaban J connectivity index is 2.99. The van der Waals surface area contributed by atoms with Gasteiger partial charge in [-0.15, -0.1) is 0 Å². The molecule has 0 aromatic heterocycles. The van der Waals surface area contributed by atoms with E-state index >= 15 is 0 Å². The van der Waals surface area contributed by atoms with Crippen molar-refractivity contribution < 1.29 is 8.42 Å². The fraction of sp³-hybridized carbons (Fsp3) is 0.533. The molecule has 0 saturated heterocycles. The van der Waals surface area contributed by atoms with Gasteiger partial charge in [-0.05, 0) is 43.9 Å². The molecule has 0 aliphatic carbocycles. The molecule has 0 bridgehead atoms. The topological polar surface area (TPSA) is 58.5 Å². The lowest BCUT2D eigenvalue weighted by atomic mass is 10.1. The van der Waals surface area contributed by atoms with E-state index in [1.54, 1.807) is 13.0 Å². The monoisotopic (exact) mass is 296 g/mol. The van der Waals surface area contributed by atoms with Crippen LogP contribution in [-0.2, 0) is 10.0 Å². The van der Waals surface area contributed by atoms with Crippen LogP contribution in [0.5, 0.6) is 0 Å². The van der Waals surface area contributed by atoms with E-state index < -0.39 is 10.0 Å². The van der Waals surface area contributed by atoms with E-state index in [9.17, 15) is 8.42 Å². The van der Waals surface area contributed by atoms with Crippen molar-refractivity contribution >= 4 is 15.7 Å². The van der Waals surface area contributed by atoms with Crippen LogP contribution >= 0.6 is 0 Å². The van der Waals surface area contributed by atoms with E-state index in [1.807, 2.05) is 19.1 Å². The van der Waals surface area contributed by atoms with E-state index in [0.29, 0.717) is 4.90 Å². The maximum Gasteiger partial charge on any atom is 0.276 e. The molecular weight excluding hydrogens is 272 g/mol. The van der Waals surface area contributed by atoms with Crippen molar-refractivity contribution in [2.75, 3.05) is 0 Å². The molecule has 0 amide bonds. The van der Waals surface area contributed by atoms with Crippen LogP contribution in [0, 0.1) is 13.8 Å².